The van der Waals surface area contributed by atoms with Crippen LogP contribution in [0.2, 0.25) is 0 Å². The summed E-state index contributed by atoms with van der Waals surface area (Å²) in [4.78, 5) is 13.3. The number of hydrogen-bond donors (Lipinski definition) is 1. The monoisotopic (exact) mass is 377 g/mol. The van der Waals surface area contributed by atoms with Crippen LogP contribution < -0.4 is 4.74 Å². The van der Waals surface area contributed by atoms with Crippen LogP contribution in [0.3, 0.4) is 0 Å². The van der Waals surface area contributed by atoms with Gasteiger partial charge in [-0.25, -0.2) is 0 Å². The lowest BCUT2D eigenvalue weighted by Gasteiger charge is -2.34. The van der Waals surface area contributed by atoms with Crippen molar-refractivity contribution in [1.82, 2.24) is 4.90 Å². The number of benzene rings is 1. The van der Waals surface area contributed by atoms with Crippen molar-refractivity contribution < 1.29 is 23.4 Å². The maximum atomic E-state index is 12.2. The molecule has 0 radical (unpaired) electrons. The molecule has 1 heterocycles. The summed E-state index contributed by atoms with van der Waals surface area (Å²) in [5.74, 6) is -0.707. The Morgan fingerprint density at radius 3 is 2.82 bits per heavy atom. The van der Waals surface area contributed by atoms with Gasteiger partial charge in [-0.3, -0.25) is 9.69 Å². The molecule has 4 nitrogen and oxygen atoms in total. The van der Waals surface area contributed by atoms with Crippen molar-refractivity contribution >= 4 is 21.9 Å². The molecule has 2 unspecified atom stereocenters. The highest BCUT2D eigenvalue weighted by molar-refractivity contribution is 9.10. The quantitative estimate of drug-likeness (QED) is 0.851. The highest BCUT2D eigenvalue weighted by Gasteiger charge is 2.29. The van der Waals surface area contributed by atoms with E-state index in [2.05, 4.69) is 25.6 Å². The predicted molar refractivity (Wildman–Crippen MR) is 81.0 cm³/mol. The molecule has 1 aliphatic heterocycles. The van der Waals surface area contributed by atoms with Gasteiger partial charge in [0.25, 0.3) is 0 Å². The first-order valence-electron chi connectivity index (χ1n) is 7.03. The molecule has 0 spiro atoms. The summed E-state index contributed by atoms with van der Waals surface area (Å²) in [6, 6.07) is 4.94. The van der Waals surface area contributed by atoms with Gasteiger partial charge >= 0.3 is 12.6 Å². The normalized spacial score (nSPS) is 22.8. The minimum Gasteiger partial charge on any atom is -0.481 e. The maximum absolute atomic E-state index is 12.2. The molecule has 0 aromatic heterocycles. The van der Waals surface area contributed by atoms with Crippen LogP contribution in [0.4, 0.5) is 8.78 Å². The van der Waals surface area contributed by atoms with Crippen molar-refractivity contribution in [3.8, 4) is 5.75 Å². The third-order valence-corrected chi connectivity index (χ3v) is 4.32. The van der Waals surface area contributed by atoms with Gasteiger partial charge in [0.2, 0.25) is 0 Å². The van der Waals surface area contributed by atoms with Gasteiger partial charge in [-0.2, -0.15) is 8.78 Å². The molecule has 1 aliphatic rings. The van der Waals surface area contributed by atoms with Crippen molar-refractivity contribution in [3.05, 3.63) is 28.2 Å². The molecule has 0 bridgehead atoms. The van der Waals surface area contributed by atoms with Gasteiger partial charge < -0.3 is 9.84 Å². The number of alkyl halides is 2. The number of halogens is 3. The average Bonchev–Trinajstić information content (AvgIpc) is 2.40. The second kappa shape index (κ2) is 7.37. The van der Waals surface area contributed by atoms with Crippen LogP contribution in [0.5, 0.6) is 5.75 Å². The summed E-state index contributed by atoms with van der Waals surface area (Å²) in [6.45, 7) is 1.10. The maximum Gasteiger partial charge on any atom is 0.387 e. The number of nitrogens with zero attached hydrogens (tertiary/aromatic N) is 1. The predicted octanol–water partition coefficient (Wildman–Crippen LogP) is 3.59. The van der Waals surface area contributed by atoms with E-state index in [0.29, 0.717) is 29.9 Å². The smallest absolute Gasteiger partial charge is 0.387 e. The summed E-state index contributed by atoms with van der Waals surface area (Å²) in [7, 11) is 0. The van der Waals surface area contributed by atoms with E-state index in [1.54, 1.807) is 12.1 Å². The number of rotatable bonds is 5. The molecule has 1 saturated heterocycles. The van der Waals surface area contributed by atoms with E-state index in [0.717, 1.165) is 12.1 Å². The summed E-state index contributed by atoms with van der Waals surface area (Å²) < 4.78 is 29.3. The standard InChI is InChI=1S/C15H18BrF2NO3/c1-9-4-11(14(20)21)8-19(6-9)7-10-2-3-13(12(16)5-10)22-15(17)18/h2-3,5,9,11,15H,4,6-8H2,1H3,(H,20,21). The molecule has 1 aromatic carbocycles. The Hall–Kier alpha value is -1.21. The molecule has 2 rings (SSSR count). The van der Waals surface area contributed by atoms with Crippen molar-refractivity contribution in [2.45, 2.75) is 26.5 Å². The molecular formula is C15H18BrF2NO3. The topological polar surface area (TPSA) is 49.8 Å². The van der Waals surface area contributed by atoms with Crippen LogP contribution in [-0.4, -0.2) is 35.7 Å². The first-order chi connectivity index (χ1) is 10.3. The zero-order chi connectivity index (χ0) is 16.3. The fourth-order valence-electron chi connectivity index (χ4n) is 2.86. The number of likely N-dealkylation sites (tertiary alicyclic amines) is 1. The van der Waals surface area contributed by atoms with Crippen LogP contribution in [0, 0.1) is 11.8 Å². The molecule has 2 atom stereocenters. The lowest BCUT2D eigenvalue weighted by atomic mass is 9.90. The average molecular weight is 378 g/mol. The number of carboxylic acids is 1. The molecular weight excluding hydrogens is 360 g/mol. The first kappa shape index (κ1) is 17.1. The number of piperidine rings is 1. The third kappa shape index (κ3) is 4.64. The van der Waals surface area contributed by atoms with Crippen molar-refractivity contribution in [2.24, 2.45) is 11.8 Å². The van der Waals surface area contributed by atoms with E-state index in [9.17, 15) is 18.7 Å². The molecule has 1 N–H and O–H groups in total. The number of aliphatic carboxylic acids is 1. The Balaban J connectivity index is 2.03. The van der Waals surface area contributed by atoms with Crippen molar-refractivity contribution in [2.75, 3.05) is 13.1 Å². The zero-order valence-electron chi connectivity index (χ0n) is 12.1. The van der Waals surface area contributed by atoms with Crippen molar-refractivity contribution in [3.63, 3.8) is 0 Å². The number of ether oxygens (including phenoxy) is 1. The van der Waals surface area contributed by atoms with E-state index in [4.69, 9.17) is 0 Å². The molecule has 0 amide bonds. The Morgan fingerprint density at radius 1 is 1.50 bits per heavy atom. The van der Waals surface area contributed by atoms with E-state index in [1.807, 2.05) is 6.92 Å². The minimum absolute atomic E-state index is 0.0918. The Labute approximate surface area is 136 Å². The summed E-state index contributed by atoms with van der Waals surface area (Å²) in [5.41, 5.74) is 0.923. The number of hydrogen-bond acceptors (Lipinski definition) is 3. The van der Waals surface area contributed by atoms with Crippen LogP contribution in [0.25, 0.3) is 0 Å². The van der Waals surface area contributed by atoms with Crippen LogP contribution >= 0.6 is 15.9 Å². The molecule has 0 aliphatic carbocycles. The van der Waals surface area contributed by atoms with Gasteiger partial charge in [-0.05, 0) is 46.0 Å². The summed E-state index contributed by atoms with van der Waals surface area (Å²) >= 11 is 3.22. The second-order valence-electron chi connectivity index (χ2n) is 5.71. The second-order valence-corrected chi connectivity index (χ2v) is 6.57. The Kier molecular flexibility index (Phi) is 5.74. The fraction of sp³-hybridized carbons (Fsp3) is 0.533. The third-order valence-electron chi connectivity index (χ3n) is 3.70. The van der Waals surface area contributed by atoms with Gasteiger partial charge in [-0.15, -0.1) is 0 Å². The van der Waals surface area contributed by atoms with Gasteiger partial charge in [0.1, 0.15) is 5.75 Å². The molecule has 22 heavy (non-hydrogen) atoms. The van der Waals surface area contributed by atoms with Crippen LogP contribution in [-0.2, 0) is 11.3 Å². The fourth-order valence-corrected chi connectivity index (χ4v) is 3.38. The van der Waals surface area contributed by atoms with E-state index < -0.39 is 12.6 Å². The van der Waals surface area contributed by atoms with Crippen LogP contribution in [0.15, 0.2) is 22.7 Å². The molecule has 7 heteroatoms. The minimum atomic E-state index is -2.86. The molecule has 1 aromatic rings. The van der Waals surface area contributed by atoms with Crippen LogP contribution in [0.1, 0.15) is 18.9 Å². The summed E-state index contributed by atoms with van der Waals surface area (Å²) in [5, 5.41) is 9.18. The highest BCUT2D eigenvalue weighted by Crippen LogP contribution is 2.29. The van der Waals surface area contributed by atoms with Gasteiger partial charge in [-0.1, -0.05) is 13.0 Å². The lowest BCUT2D eigenvalue weighted by molar-refractivity contribution is -0.144. The van der Waals surface area contributed by atoms with Crippen molar-refractivity contribution in [1.29, 1.82) is 0 Å². The number of carboxylic acid groups (broad SMARTS) is 1. The Morgan fingerprint density at radius 2 is 2.23 bits per heavy atom. The molecule has 122 valence electrons. The van der Waals surface area contributed by atoms with Gasteiger partial charge in [0.15, 0.2) is 0 Å². The summed E-state index contributed by atoms with van der Waals surface area (Å²) in [6.07, 6.45) is 0.691. The largest absolute Gasteiger partial charge is 0.481 e. The molecule has 0 saturated carbocycles. The highest BCUT2D eigenvalue weighted by atomic mass is 79.9. The van der Waals surface area contributed by atoms with E-state index in [-0.39, 0.29) is 11.7 Å². The van der Waals surface area contributed by atoms with Gasteiger partial charge in [0, 0.05) is 19.6 Å². The van der Waals surface area contributed by atoms with E-state index >= 15 is 0 Å². The first-order valence-corrected chi connectivity index (χ1v) is 7.83. The lowest BCUT2D eigenvalue weighted by Crippen LogP contribution is -2.41. The number of carbonyl (C=O) groups is 1. The zero-order valence-corrected chi connectivity index (χ0v) is 13.7. The SMILES string of the molecule is CC1CC(C(=O)O)CN(Cc2ccc(OC(F)F)c(Br)c2)C1. The van der Waals surface area contributed by atoms with Gasteiger partial charge in [0.05, 0.1) is 10.4 Å². The van der Waals surface area contributed by atoms with E-state index in [1.165, 1.54) is 6.07 Å². The molecule has 1 fully saturated rings. The Bertz CT molecular complexity index is 542.